The first kappa shape index (κ1) is 23.1. The van der Waals surface area contributed by atoms with Gasteiger partial charge in [-0.05, 0) is 24.3 Å². The third-order valence-corrected chi connectivity index (χ3v) is 7.40. The minimum atomic E-state index is -3.45. The number of carbonyl (C=O) groups excluding carboxylic acids is 1. The molecule has 1 N–H and O–H groups in total. The zero-order valence-electron chi connectivity index (χ0n) is 17.4. The van der Waals surface area contributed by atoms with Gasteiger partial charge in [-0.2, -0.15) is 17.0 Å². The highest BCUT2D eigenvalue weighted by molar-refractivity contribution is 7.86. The molecule has 30 heavy (non-hydrogen) atoms. The number of β-amino-alcohol motifs (C(OH)–C–C–N with tert-alkyl or cyclic N) is 1. The SMILES string of the molecule is CCC(=O)c1ccc(OC[C@@H](O)CN2CCN(S(=O)(=O)N3CCOCC3)CC2)cc1. The third kappa shape index (κ3) is 5.99. The molecule has 0 saturated carbocycles. The van der Waals surface area contributed by atoms with Crippen molar-refractivity contribution in [3.63, 3.8) is 0 Å². The van der Waals surface area contributed by atoms with Crippen LogP contribution in [0.5, 0.6) is 5.75 Å². The molecular weight excluding hydrogens is 410 g/mol. The van der Waals surface area contributed by atoms with E-state index in [1.807, 2.05) is 11.8 Å². The maximum atomic E-state index is 12.7. The lowest BCUT2D eigenvalue weighted by Crippen LogP contribution is -2.55. The molecule has 0 aliphatic carbocycles. The number of carbonyl (C=O) groups is 1. The molecule has 0 aromatic heterocycles. The van der Waals surface area contributed by atoms with Crippen molar-refractivity contribution in [3.05, 3.63) is 29.8 Å². The van der Waals surface area contributed by atoms with E-state index in [-0.39, 0.29) is 12.4 Å². The van der Waals surface area contributed by atoms with Crippen molar-refractivity contribution >= 4 is 16.0 Å². The highest BCUT2D eigenvalue weighted by Crippen LogP contribution is 2.16. The Morgan fingerprint density at radius 2 is 1.67 bits per heavy atom. The Labute approximate surface area is 178 Å². The molecule has 3 rings (SSSR count). The number of hydrogen-bond donors (Lipinski definition) is 1. The summed E-state index contributed by atoms with van der Waals surface area (Å²) in [7, 11) is -3.45. The Morgan fingerprint density at radius 3 is 2.27 bits per heavy atom. The van der Waals surface area contributed by atoms with Gasteiger partial charge in [0.1, 0.15) is 18.5 Å². The Hall–Kier alpha value is -1.56. The van der Waals surface area contributed by atoms with E-state index in [9.17, 15) is 18.3 Å². The first-order valence-electron chi connectivity index (χ1n) is 10.4. The minimum absolute atomic E-state index is 0.0800. The van der Waals surface area contributed by atoms with Crippen LogP contribution in [0.15, 0.2) is 24.3 Å². The molecule has 0 bridgehead atoms. The maximum absolute atomic E-state index is 12.7. The van der Waals surface area contributed by atoms with Gasteiger partial charge in [0.2, 0.25) is 0 Å². The van der Waals surface area contributed by atoms with Gasteiger partial charge in [0.05, 0.1) is 13.2 Å². The van der Waals surface area contributed by atoms with Gasteiger partial charge in [0.15, 0.2) is 5.78 Å². The number of hydrogen-bond acceptors (Lipinski definition) is 7. The van der Waals surface area contributed by atoms with Crippen LogP contribution in [0.4, 0.5) is 0 Å². The van der Waals surface area contributed by atoms with Gasteiger partial charge < -0.3 is 14.6 Å². The van der Waals surface area contributed by atoms with Gasteiger partial charge in [-0.25, -0.2) is 0 Å². The molecule has 1 aromatic carbocycles. The molecule has 0 amide bonds. The molecule has 2 fully saturated rings. The molecule has 2 aliphatic rings. The van der Waals surface area contributed by atoms with Crippen molar-refractivity contribution in [2.75, 3.05) is 65.6 Å². The summed E-state index contributed by atoms with van der Waals surface area (Å²) in [5.41, 5.74) is 0.648. The summed E-state index contributed by atoms with van der Waals surface area (Å²) in [4.78, 5) is 13.7. The fraction of sp³-hybridized carbons (Fsp3) is 0.650. The maximum Gasteiger partial charge on any atom is 0.282 e. The molecule has 168 valence electrons. The summed E-state index contributed by atoms with van der Waals surface area (Å²) in [6, 6.07) is 6.90. The van der Waals surface area contributed by atoms with Gasteiger partial charge >= 0.3 is 0 Å². The van der Waals surface area contributed by atoms with Crippen molar-refractivity contribution in [2.45, 2.75) is 19.4 Å². The van der Waals surface area contributed by atoms with Crippen molar-refractivity contribution in [1.82, 2.24) is 13.5 Å². The van der Waals surface area contributed by atoms with Crippen LogP contribution in [-0.4, -0.2) is 105 Å². The van der Waals surface area contributed by atoms with Crippen molar-refractivity contribution < 1.29 is 27.8 Å². The van der Waals surface area contributed by atoms with Gasteiger partial charge in [-0.3, -0.25) is 9.69 Å². The van der Waals surface area contributed by atoms with Gasteiger partial charge in [0, 0.05) is 57.8 Å². The lowest BCUT2D eigenvalue weighted by atomic mass is 10.1. The molecule has 2 aliphatic heterocycles. The number of nitrogens with zero attached hydrogens (tertiary/aromatic N) is 3. The number of ether oxygens (including phenoxy) is 2. The second kappa shape index (κ2) is 10.7. The number of morpholine rings is 1. The van der Waals surface area contributed by atoms with E-state index in [0.29, 0.717) is 76.8 Å². The quantitative estimate of drug-likeness (QED) is 0.547. The Morgan fingerprint density at radius 1 is 1.07 bits per heavy atom. The van der Waals surface area contributed by atoms with Crippen LogP contribution < -0.4 is 4.74 Å². The Kier molecular flexibility index (Phi) is 8.20. The molecular formula is C20H31N3O6S. The summed E-state index contributed by atoms with van der Waals surface area (Å²) >= 11 is 0. The lowest BCUT2D eigenvalue weighted by Gasteiger charge is -2.38. The highest BCUT2D eigenvalue weighted by atomic mass is 32.2. The zero-order chi connectivity index (χ0) is 21.6. The molecule has 1 atom stereocenters. The van der Waals surface area contributed by atoms with E-state index >= 15 is 0 Å². The highest BCUT2D eigenvalue weighted by Gasteiger charge is 2.33. The predicted octanol–water partition coefficient (Wildman–Crippen LogP) is 0.214. The number of aliphatic hydroxyl groups excluding tert-OH is 1. The topological polar surface area (TPSA) is 99.6 Å². The van der Waals surface area contributed by atoms with Crippen molar-refractivity contribution in [2.24, 2.45) is 0 Å². The molecule has 2 heterocycles. The second-order valence-electron chi connectivity index (χ2n) is 7.48. The summed E-state index contributed by atoms with van der Waals surface area (Å²) in [6.45, 7) is 5.96. The van der Waals surface area contributed by atoms with Crippen LogP contribution in [0, 0.1) is 0 Å². The van der Waals surface area contributed by atoms with E-state index in [2.05, 4.69) is 0 Å². The fourth-order valence-electron chi connectivity index (χ4n) is 3.57. The molecule has 10 heteroatoms. The van der Waals surface area contributed by atoms with Gasteiger partial charge in [0.25, 0.3) is 10.2 Å². The lowest BCUT2D eigenvalue weighted by molar-refractivity contribution is 0.0525. The number of rotatable bonds is 9. The van der Waals surface area contributed by atoms with Gasteiger partial charge in [-0.15, -0.1) is 0 Å². The summed E-state index contributed by atoms with van der Waals surface area (Å²) < 4.78 is 39.2. The normalized spacial score (nSPS) is 20.7. The van der Waals surface area contributed by atoms with Crippen LogP contribution in [0.25, 0.3) is 0 Å². The van der Waals surface area contributed by atoms with Gasteiger partial charge in [-0.1, -0.05) is 6.92 Å². The monoisotopic (exact) mass is 441 g/mol. The van der Waals surface area contributed by atoms with E-state index in [4.69, 9.17) is 9.47 Å². The van der Waals surface area contributed by atoms with Crippen LogP contribution in [-0.2, 0) is 14.9 Å². The smallest absolute Gasteiger partial charge is 0.282 e. The fourth-order valence-corrected chi connectivity index (χ4v) is 5.13. The van der Waals surface area contributed by atoms with Crippen LogP contribution >= 0.6 is 0 Å². The molecule has 0 unspecified atom stereocenters. The standard InChI is InChI=1S/C20H31N3O6S/c1-2-20(25)17-3-5-19(6-4-17)29-16-18(24)15-21-7-9-22(10-8-21)30(26,27)23-11-13-28-14-12-23/h3-6,18,24H,2,7-16H2,1H3/t18-/m0/s1. The molecule has 0 radical (unpaired) electrons. The molecule has 2 saturated heterocycles. The minimum Gasteiger partial charge on any atom is -0.491 e. The largest absolute Gasteiger partial charge is 0.491 e. The average molecular weight is 442 g/mol. The first-order chi connectivity index (χ1) is 14.4. The number of ketones is 1. The first-order valence-corrected chi connectivity index (χ1v) is 11.8. The van der Waals surface area contributed by atoms with Crippen LogP contribution in [0.1, 0.15) is 23.7 Å². The summed E-state index contributed by atoms with van der Waals surface area (Å²) in [5.74, 6) is 0.680. The predicted molar refractivity (Wildman–Crippen MR) is 112 cm³/mol. The van der Waals surface area contributed by atoms with E-state index < -0.39 is 16.3 Å². The molecule has 9 nitrogen and oxygen atoms in total. The number of piperazine rings is 1. The van der Waals surface area contributed by atoms with E-state index in [0.717, 1.165) is 0 Å². The van der Waals surface area contributed by atoms with Crippen molar-refractivity contribution in [3.8, 4) is 5.75 Å². The van der Waals surface area contributed by atoms with Crippen molar-refractivity contribution in [1.29, 1.82) is 0 Å². The third-order valence-electron chi connectivity index (χ3n) is 5.36. The number of aliphatic hydroxyl groups is 1. The summed E-state index contributed by atoms with van der Waals surface area (Å²) in [6.07, 6.45) is -0.232. The van der Waals surface area contributed by atoms with Crippen LogP contribution in [0.3, 0.4) is 0 Å². The second-order valence-corrected chi connectivity index (χ2v) is 9.41. The molecule has 0 spiro atoms. The number of benzene rings is 1. The Balaban J connectivity index is 1.40. The average Bonchev–Trinajstić information content (AvgIpc) is 2.78. The van der Waals surface area contributed by atoms with E-state index in [1.54, 1.807) is 24.3 Å². The van der Waals surface area contributed by atoms with Crippen LogP contribution in [0.2, 0.25) is 0 Å². The number of Topliss-reactive ketones (excluding diaryl/α,β-unsaturated/α-hetero) is 1. The Bertz CT molecular complexity index is 787. The van der Waals surface area contributed by atoms with E-state index in [1.165, 1.54) is 8.61 Å². The zero-order valence-corrected chi connectivity index (χ0v) is 18.2. The summed E-state index contributed by atoms with van der Waals surface area (Å²) in [5, 5.41) is 10.3. The molecule has 1 aromatic rings.